The van der Waals surface area contributed by atoms with Gasteiger partial charge in [-0.25, -0.2) is 4.98 Å². The summed E-state index contributed by atoms with van der Waals surface area (Å²) in [7, 11) is 0. The average molecular weight is 510 g/mol. The summed E-state index contributed by atoms with van der Waals surface area (Å²) >= 11 is 0. The Morgan fingerprint density at radius 1 is 0.811 bits per heavy atom. The highest BCUT2D eigenvalue weighted by atomic mass is 16.1. The first-order chi connectivity index (χ1) is 18.3. The minimum Gasteiger partial charge on any atom is -0.356 e. The molecule has 0 saturated heterocycles. The molecule has 1 aliphatic carbocycles. The van der Waals surface area contributed by atoms with E-state index in [9.17, 15) is 4.79 Å². The van der Waals surface area contributed by atoms with E-state index in [1.54, 1.807) is 0 Å². The minimum atomic E-state index is 0.249. The van der Waals surface area contributed by atoms with Crippen molar-refractivity contribution in [3.8, 4) is 0 Å². The number of fused-ring (bicyclic) bond motifs is 1. The summed E-state index contributed by atoms with van der Waals surface area (Å²) < 4.78 is 2.44. The molecule has 208 valence electrons. The Hall–Kier alpha value is -1.84. The number of hydrogen-bond acceptors (Lipinski definition) is 2. The highest BCUT2D eigenvalue weighted by Gasteiger charge is 2.20. The molecule has 2 aromatic rings. The Labute approximate surface area is 227 Å². The zero-order valence-corrected chi connectivity index (χ0v) is 24.0. The van der Waals surface area contributed by atoms with Crippen LogP contribution in [0.4, 0.5) is 0 Å². The molecule has 1 aromatic heterocycles. The molecule has 0 bridgehead atoms. The van der Waals surface area contributed by atoms with Gasteiger partial charge < -0.3 is 9.88 Å². The molecule has 3 rings (SSSR count). The fraction of sp³-hybridized carbons (Fsp3) is 0.758. The number of hydrogen-bond donors (Lipinski definition) is 1. The summed E-state index contributed by atoms with van der Waals surface area (Å²) in [5, 5.41) is 3.20. The maximum atomic E-state index is 12.4. The summed E-state index contributed by atoms with van der Waals surface area (Å²) in [5.74, 6) is 1.71. The van der Waals surface area contributed by atoms with E-state index in [0.29, 0.717) is 0 Å². The van der Waals surface area contributed by atoms with E-state index in [-0.39, 0.29) is 11.8 Å². The SMILES string of the molecule is CCCCCCCCCCCCCCCCn1c(CCCNC(=O)C2CCCCC2)nc2ccccc21. The number of nitrogens with zero attached hydrogens (tertiary/aromatic N) is 2. The number of benzene rings is 1. The smallest absolute Gasteiger partial charge is 0.223 e. The number of rotatable bonds is 20. The largest absolute Gasteiger partial charge is 0.356 e. The Morgan fingerprint density at radius 3 is 2.05 bits per heavy atom. The molecule has 1 heterocycles. The predicted octanol–water partition coefficient (Wildman–Crippen LogP) is 9.15. The molecule has 1 fully saturated rings. The Morgan fingerprint density at radius 2 is 1.41 bits per heavy atom. The molecule has 1 N–H and O–H groups in total. The van der Waals surface area contributed by atoms with Crippen LogP contribution in [0.1, 0.15) is 141 Å². The lowest BCUT2D eigenvalue weighted by Crippen LogP contribution is -2.32. The van der Waals surface area contributed by atoms with Gasteiger partial charge in [0.05, 0.1) is 11.0 Å². The van der Waals surface area contributed by atoms with Crippen molar-refractivity contribution < 1.29 is 4.79 Å². The van der Waals surface area contributed by atoms with E-state index >= 15 is 0 Å². The Kier molecular flexibility index (Phi) is 14.8. The molecule has 1 amide bonds. The first-order valence-electron chi connectivity index (χ1n) is 16.0. The number of para-hydroxylation sites is 2. The second-order valence-corrected chi connectivity index (χ2v) is 11.5. The number of imidazole rings is 1. The zero-order chi connectivity index (χ0) is 26.0. The predicted molar refractivity (Wildman–Crippen MR) is 158 cm³/mol. The van der Waals surface area contributed by atoms with E-state index in [1.807, 2.05) is 0 Å². The molecule has 1 aliphatic rings. The molecule has 0 aliphatic heterocycles. The third-order valence-corrected chi connectivity index (χ3v) is 8.32. The number of aromatic nitrogens is 2. The number of carbonyl (C=O) groups excluding carboxylic acids is 1. The molecule has 37 heavy (non-hydrogen) atoms. The third kappa shape index (κ3) is 11.2. The van der Waals surface area contributed by atoms with Crippen LogP contribution in [0, 0.1) is 5.92 Å². The van der Waals surface area contributed by atoms with E-state index in [4.69, 9.17) is 4.98 Å². The Bertz CT molecular complexity index is 868. The second-order valence-electron chi connectivity index (χ2n) is 11.5. The van der Waals surface area contributed by atoms with Gasteiger partial charge in [0, 0.05) is 25.4 Å². The van der Waals surface area contributed by atoms with Crippen molar-refractivity contribution >= 4 is 16.9 Å². The standard InChI is InChI=1S/C33H55N3O/c1-2-3-4-5-6-7-8-9-10-11-12-13-14-20-28-36-31-25-19-18-24-30(31)35-32(36)26-21-27-34-33(37)29-22-16-15-17-23-29/h18-19,24-25,29H,2-17,20-23,26-28H2,1H3,(H,34,37). The van der Waals surface area contributed by atoms with Crippen molar-refractivity contribution in [3.05, 3.63) is 30.1 Å². The van der Waals surface area contributed by atoms with Crippen LogP contribution in [-0.2, 0) is 17.8 Å². The van der Waals surface area contributed by atoms with Crippen LogP contribution in [0.5, 0.6) is 0 Å². The van der Waals surface area contributed by atoms with Crippen LogP contribution in [0.25, 0.3) is 11.0 Å². The summed E-state index contributed by atoms with van der Waals surface area (Å²) in [5.41, 5.74) is 2.37. The molecule has 0 radical (unpaired) electrons. The molecule has 4 heteroatoms. The highest BCUT2D eigenvalue weighted by molar-refractivity contribution is 5.78. The van der Waals surface area contributed by atoms with E-state index < -0.39 is 0 Å². The number of amides is 1. The summed E-state index contributed by atoms with van der Waals surface area (Å²) in [6.07, 6.45) is 27.2. The van der Waals surface area contributed by atoms with Crippen molar-refractivity contribution in [2.45, 2.75) is 148 Å². The highest BCUT2D eigenvalue weighted by Crippen LogP contribution is 2.24. The van der Waals surface area contributed by atoms with Crippen molar-refractivity contribution in [2.24, 2.45) is 5.92 Å². The van der Waals surface area contributed by atoms with Crippen LogP contribution in [0.15, 0.2) is 24.3 Å². The molecular formula is C33H55N3O. The van der Waals surface area contributed by atoms with Gasteiger partial charge in [-0.2, -0.15) is 0 Å². The van der Waals surface area contributed by atoms with Crippen molar-refractivity contribution in [1.82, 2.24) is 14.9 Å². The first-order valence-corrected chi connectivity index (χ1v) is 16.0. The number of nitrogens with one attached hydrogen (secondary N) is 1. The summed E-state index contributed by atoms with van der Waals surface area (Å²) in [6.45, 7) is 4.11. The van der Waals surface area contributed by atoms with Crippen LogP contribution in [0.2, 0.25) is 0 Å². The van der Waals surface area contributed by atoms with Crippen LogP contribution < -0.4 is 5.32 Å². The van der Waals surface area contributed by atoms with Crippen molar-refractivity contribution in [1.29, 1.82) is 0 Å². The summed E-state index contributed by atoms with van der Waals surface area (Å²) in [4.78, 5) is 17.4. The first kappa shape index (κ1) is 29.7. The van der Waals surface area contributed by atoms with Gasteiger partial charge in [-0.05, 0) is 37.8 Å². The second kappa shape index (κ2) is 18.4. The number of unbranched alkanes of at least 4 members (excludes halogenated alkanes) is 13. The average Bonchev–Trinajstić information content (AvgIpc) is 3.29. The molecule has 0 spiro atoms. The van der Waals surface area contributed by atoms with Gasteiger partial charge in [0.25, 0.3) is 0 Å². The minimum absolute atomic E-state index is 0.249. The molecule has 1 aromatic carbocycles. The normalized spacial score (nSPS) is 14.4. The topological polar surface area (TPSA) is 46.9 Å². The molecule has 1 saturated carbocycles. The van der Waals surface area contributed by atoms with E-state index in [2.05, 4.69) is 41.1 Å². The number of carbonyl (C=O) groups is 1. The zero-order valence-electron chi connectivity index (χ0n) is 24.0. The van der Waals surface area contributed by atoms with Gasteiger partial charge in [0.2, 0.25) is 5.91 Å². The molecular weight excluding hydrogens is 454 g/mol. The maximum absolute atomic E-state index is 12.4. The quantitative estimate of drug-likeness (QED) is 0.181. The van der Waals surface area contributed by atoms with Gasteiger partial charge >= 0.3 is 0 Å². The monoisotopic (exact) mass is 509 g/mol. The van der Waals surface area contributed by atoms with Crippen molar-refractivity contribution in [3.63, 3.8) is 0 Å². The molecule has 0 unspecified atom stereocenters. The van der Waals surface area contributed by atoms with Gasteiger partial charge in [0.15, 0.2) is 0 Å². The van der Waals surface area contributed by atoms with E-state index in [1.165, 1.54) is 120 Å². The van der Waals surface area contributed by atoms with Gasteiger partial charge in [0.1, 0.15) is 5.82 Å². The van der Waals surface area contributed by atoms with Crippen LogP contribution >= 0.6 is 0 Å². The van der Waals surface area contributed by atoms with E-state index in [0.717, 1.165) is 44.3 Å². The number of aryl methyl sites for hydroxylation is 2. The lowest BCUT2D eigenvalue weighted by atomic mass is 9.89. The lowest BCUT2D eigenvalue weighted by Gasteiger charge is -2.20. The Balaban J connectivity index is 1.29. The van der Waals surface area contributed by atoms with Crippen LogP contribution in [0.3, 0.4) is 0 Å². The van der Waals surface area contributed by atoms with Gasteiger partial charge in [-0.15, -0.1) is 0 Å². The third-order valence-electron chi connectivity index (χ3n) is 8.32. The maximum Gasteiger partial charge on any atom is 0.223 e. The lowest BCUT2D eigenvalue weighted by molar-refractivity contribution is -0.125. The van der Waals surface area contributed by atoms with Gasteiger partial charge in [-0.1, -0.05) is 122 Å². The molecule has 0 atom stereocenters. The fourth-order valence-corrected chi connectivity index (χ4v) is 6.00. The van der Waals surface area contributed by atoms with Crippen LogP contribution in [-0.4, -0.2) is 22.0 Å². The van der Waals surface area contributed by atoms with Gasteiger partial charge in [-0.3, -0.25) is 4.79 Å². The van der Waals surface area contributed by atoms with Crippen molar-refractivity contribution in [2.75, 3.05) is 6.54 Å². The summed E-state index contributed by atoms with van der Waals surface area (Å²) in [6, 6.07) is 8.55. The molecule has 4 nitrogen and oxygen atoms in total. The fourth-order valence-electron chi connectivity index (χ4n) is 6.00.